The van der Waals surface area contributed by atoms with Crippen LogP contribution in [0.3, 0.4) is 0 Å². The van der Waals surface area contributed by atoms with Crippen LogP contribution in [0.15, 0.2) is 48.5 Å². The number of carbonyl (C=O) groups excluding carboxylic acids is 1. The van der Waals surface area contributed by atoms with Crippen molar-refractivity contribution in [2.24, 2.45) is 11.8 Å². The Hall–Kier alpha value is -2.37. The number of nitrogens with zero attached hydrogens (tertiary/aromatic N) is 2. The van der Waals surface area contributed by atoms with Gasteiger partial charge in [0.2, 0.25) is 0 Å². The molecule has 29 heavy (non-hydrogen) atoms. The number of anilines is 1. The molecule has 5 rings (SSSR count). The lowest BCUT2D eigenvalue weighted by molar-refractivity contribution is 0.0713. The highest BCUT2D eigenvalue weighted by molar-refractivity contribution is 5.95. The SMILES string of the molecule is Cc1ccccc1[C@H]1[C@H]2CNC[C@H]2CN1C(=O)c1ccc(N2CCOCC2)cc1. The number of morpholine rings is 1. The number of hydrogen-bond acceptors (Lipinski definition) is 4. The molecule has 3 aliphatic rings. The van der Waals surface area contributed by atoms with Gasteiger partial charge in [-0.05, 0) is 48.2 Å². The lowest BCUT2D eigenvalue weighted by Crippen LogP contribution is -2.36. The molecule has 1 amide bonds. The summed E-state index contributed by atoms with van der Waals surface area (Å²) in [5, 5.41) is 3.53. The third kappa shape index (κ3) is 3.43. The van der Waals surface area contributed by atoms with Crippen LogP contribution >= 0.6 is 0 Å². The van der Waals surface area contributed by atoms with Crippen LogP contribution in [0.5, 0.6) is 0 Å². The molecule has 0 saturated carbocycles. The molecule has 0 unspecified atom stereocenters. The van der Waals surface area contributed by atoms with Crippen LogP contribution in [0.1, 0.15) is 27.5 Å². The Morgan fingerprint density at radius 1 is 1.03 bits per heavy atom. The van der Waals surface area contributed by atoms with Crippen molar-refractivity contribution in [2.75, 3.05) is 50.8 Å². The molecule has 0 aromatic heterocycles. The summed E-state index contributed by atoms with van der Waals surface area (Å²) in [6.07, 6.45) is 0. The van der Waals surface area contributed by atoms with Crippen molar-refractivity contribution in [1.29, 1.82) is 0 Å². The van der Waals surface area contributed by atoms with Crippen LogP contribution in [0.25, 0.3) is 0 Å². The molecule has 3 fully saturated rings. The highest BCUT2D eigenvalue weighted by atomic mass is 16.5. The third-order valence-corrected chi connectivity index (χ3v) is 6.82. The first-order valence-corrected chi connectivity index (χ1v) is 10.7. The van der Waals surface area contributed by atoms with Crippen molar-refractivity contribution in [3.05, 3.63) is 65.2 Å². The van der Waals surface area contributed by atoms with Crippen molar-refractivity contribution in [3.63, 3.8) is 0 Å². The number of aryl methyl sites for hydroxylation is 1. The summed E-state index contributed by atoms with van der Waals surface area (Å²) < 4.78 is 5.44. The fourth-order valence-corrected chi connectivity index (χ4v) is 5.25. The number of likely N-dealkylation sites (tertiary alicyclic amines) is 1. The maximum atomic E-state index is 13.5. The minimum Gasteiger partial charge on any atom is -0.378 e. The van der Waals surface area contributed by atoms with E-state index in [0.717, 1.165) is 51.5 Å². The molecule has 2 aromatic carbocycles. The smallest absolute Gasteiger partial charge is 0.254 e. The zero-order valence-corrected chi connectivity index (χ0v) is 17.0. The molecule has 0 bridgehead atoms. The van der Waals surface area contributed by atoms with Gasteiger partial charge < -0.3 is 19.9 Å². The second-order valence-electron chi connectivity index (χ2n) is 8.49. The molecule has 5 heteroatoms. The van der Waals surface area contributed by atoms with E-state index in [1.54, 1.807) is 0 Å². The van der Waals surface area contributed by atoms with E-state index < -0.39 is 0 Å². The Morgan fingerprint density at radius 3 is 2.55 bits per heavy atom. The topological polar surface area (TPSA) is 44.8 Å². The Labute approximate surface area is 172 Å². The second kappa shape index (κ2) is 7.81. The summed E-state index contributed by atoms with van der Waals surface area (Å²) in [5.74, 6) is 1.19. The Kier molecular flexibility index (Phi) is 5.02. The van der Waals surface area contributed by atoms with Crippen LogP contribution in [-0.4, -0.2) is 56.7 Å². The Morgan fingerprint density at radius 2 is 1.79 bits per heavy atom. The van der Waals surface area contributed by atoms with E-state index in [9.17, 15) is 4.79 Å². The lowest BCUT2D eigenvalue weighted by Gasteiger charge is -2.30. The second-order valence-corrected chi connectivity index (χ2v) is 8.49. The van der Waals surface area contributed by atoms with Gasteiger partial charge in [-0.3, -0.25) is 4.79 Å². The van der Waals surface area contributed by atoms with Crippen LogP contribution < -0.4 is 10.2 Å². The first kappa shape index (κ1) is 18.6. The molecule has 3 aliphatic heterocycles. The molecule has 0 spiro atoms. The molecule has 1 N–H and O–H groups in total. The van der Waals surface area contributed by atoms with E-state index in [1.807, 2.05) is 12.1 Å². The van der Waals surface area contributed by atoms with Gasteiger partial charge in [-0.1, -0.05) is 24.3 Å². The predicted molar refractivity (Wildman–Crippen MR) is 114 cm³/mol. The number of nitrogens with one attached hydrogen (secondary N) is 1. The van der Waals surface area contributed by atoms with Crippen molar-refractivity contribution < 1.29 is 9.53 Å². The molecular formula is C24H29N3O2. The van der Waals surface area contributed by atoms with E-state index >= 15 is 0 Å². The molecule has 0 aliphatic carbocycles. The Bertz CT molecular complexity index is 876. The van der Waals surface area contributed by atoms with Crippen LogP contribution in [0.2, 0.25) is 0 Å². The van der Waals surface area contributed by atoms with Gasteiger partial charge in [0.25, 0.3) is 5.91 Å². The minimum atomic E-state index is 0.154. The first-order valence-electron chi connectivity index (χ1n) is 10.7. The minimum absolute atomic E-state index is 0.154. The van der Waals surface area contributed by atoms with Crippen molar-refractivity contribution in [1.82, 2.24) is 10.2 Å². The summed E-state index contributed by atoms with van der Waals surface area (Å²) in [6, 6.07) is 16.8. The molecule has 3 atom stereocenters. The lowest BCUT2D eigenvalue weighted by atomic mass is 9.87. The first-order chi connectivity index (χ1) is 14.2. The van der Waals surface area contributed by atoms with Gasteiger partial charge in [0.1, 0.15) is 0 Å². The molecule has 5 nitrogen and oxygen atoms in total. The van der Waals surface area contributed by atoms with Crippen molar-refractivity contribution in [3.8, 4) is 0 Å². The van der Waals surface area contributed by atoms with E-state index in [0.29, 0.717) is 11.8 Å². The molecule has 2 aromatic rings. The number of ether oxygens (including phenoxy) is 1. The molecule has 3 heterocycles. The normalized spacial score (nSPS) is 26.6. The molecule has 152 valence electrons. The number of benzene rings is 2. The molecular weight excluding hydrogens is 362 g/mol. The van der Waals surface area contributed by atoms with Gasteiger partial charge >= 0.3 is 0 Å². The van der Waals surface area contributed by atoms with Crippen molar-refractivity contribution >= 4 is 11.6 Å². The number of rotatable bonds is 3. The quantitative estimate of drug-likeness (QED) is 0.874. The highest BCUT2D eigenvalue weighted by Crippen LogP contribution is 2.44. The molecule has 0 radical (unpaired) electrons. The monoisotopic (exact) mass is 391 g/mol. The fraction of sp³-hybridized carbons (Fsp3) is 0.458. The average Bonchev–Trinajstić information content (AvgIpc) is 3.36. The fourth-order valence-electron chi connectivity index (χ4n) is 5.25. The van der Waals surface area contributed by atoms with E-state index in [4.69, 9.17) is 4.74 Å². The standard InChI is InChI=1S/C24H29N3O2/c1-17-4-2-3-5-21(17)23-22-15-25-14-19(22)16-27(23)24(28)18-6-8-20(9-7-18)26-10-12-29-13-11-26/h2-9,19,22-23,25H,10-16H2,1H3/t19-,22-,23-/m0/s1. The van der Waals surface area contributed by atoms with E-state index in [2.05, 4.69) is 58.4 Å². The van der Waals surface area contributed by atoms with Crippen LogP contribution in [0, 0.1) is 18.8 Å². The number of fused-ring (bicyclic) bond motifs is 1. The van der Waals surface area contributed by atoms with Gasteiger partial charge in [0.15, 0.2) is 0 Å². The van der Waals surface area contributed by atoms with E-state index in [-0.39, 0.29) is 11.9 Å². The summed E-state index contributed by atoms with van der Waals surface area (Å²) in [7, 11) is 0. The average molecular weight is 392 g/mol. The van der Waals surface area contributed by atoms with Crippen molar-refractivity contribution in [2.45, 2.75) is 13.0 Å². The third-order valence-electron chi connectivity index (χ3n) is 6.82. The summed E-state index contributed by atoms with van der Waals surface area (Å²) in [4.78, 5) is 18.0. The number of carbonyl (C=O) groups is 1. The van der Waals surface area contributed by atoms with Crippen LogP contribution in [-0.2, 0) is 4.74 Å². The zero-order chi connectivity index (χ0) is 19.8. The van der Waals surface area contributed by atoms with Gasteiger partial charge in [-0.2, -0.15) is 0 Å². The van der Waals surface area contributed by atoms with Gasteiger partial charge in [0.05, 0.1) is 19.3 Å². The summed E-state index contributed by atoms with van der Waals surface area (Å²) in [5.41, 5.74) is 4.52. The van der Waals surface area contributed by atoms with Gasteiger partial charge in [-0.15, -0.1) is 0 Å². The highest BCUT2D eigenvalue weighted by Gasteiger charge is 2.47. The largest absolute Gasteiger partial charge is 0.378 e. The summed E-state index contributed by atoms with van der Waals surface area (Å²) >= 11 is 0. The Balaban J connectivity index is 1.41. The van der Waals surface area contributed by atoms with Gasteiger partial charge in [0, 0.05) is 49.9 Å². The van der Waals surface area contributed by atoms with Crippen LogP contribution in [0.4, 0.5) is 5.69 Å². The van der Waals surface area contributed by atoms with Gasteiger partial charge in [-0.25, -0.2) is 0 Å². The number of amides is 1. The maximum absolute atomic E-state index is 13.5. The zero-order valence-electron chi connectivity index (χ0n) is 17.0. The predicted octanol–water partition coefficient (Wildman–Crippen LogP) is 2.86. The number of hydrogen-bond donors (Lipinski definition) is 1. The maximum Gasteiger partial charge on any atom is 0.254 e. The molecule has 3 saturated heterocycles. The van der Waals surface area contributed by atoms with E-state index in [1.165, 1.54) is 16.8 Å². The summed E-state index contributed by atoms with van der Waals surface area (Å²) in [6.45, 7) is 8.34.